The predicted molar refractivity (Wildman–Crippen MR) is 100 cm³/mol. The second-order valence-corrected chi connectivity index (χ2v) is 6.97. The number of ether oxygens (including phenoxy) is 1. The molecule has 1 unspecified atom stereocenters. The van der Waals surface area contributed by atoms with E-state index in [1.807, 2.05) is 0 Å². The summed E-state index contributed by atoms with van der Waals surface area (Å²) in [5, 5.41) is 2.82. The lowest BCUT2D eigenvalue weighted by Crippen LogP contribution is -2.44. The van der Waals surface area contributed by atoms with Gasteiger partial charge in [0, 0.05) is 17.0 Å². The van der Waals surface area contributed by atoms with Crippen molar-refractivity contribution in [2.75, 3.05) is 24.1 Å². The molecule has 0 saturated carbocycles. The average Bonchev–Trinajstić information content (AvgIpc) is 3.14. The lowest BCUT2D eigenvalue weighted by molar-refractivity contribution is -0.119. The molecular weight excluding hydrogens is 355 g/mol. The first-order valence-electron chi connectivity index (χ1n) is 8.09. The van der Waals surface area contributed by atoms with Crippen LogP contribution in [0.15, 0.2) is 42.5 Å². The number of carbonyl (C=O) groups is 2. The highest BCUT2D eigenvalue weighted by atomic mass is 32.2. The highest BCUT2D eigenvalue weighted by Crippen LogP contribution is 2.25. The van der Waals surface area contributed by atoms with E-state index in [1.54, 1.807) is 50.4 Å². The molecule has 1 heterocycles. The second-order valence-electron chi connectivity index (χ2n) is 5.97. The van der Waals surface area contributed by atoms with E-state index < -0.39 is 11.9 Å². The van der Waals surface area contributed by atoms with Gasteiger partial charge in [0.15, 0.2) is 0 Å². The zero-order valence-corrected chi connectivity index (χ0v) is 15.3. The van der Waals surface area contributed by atoms with Crippen LogP contribution in [0.2, 0.25) is 0 Å². The van der Waals surface area contributed by atoms with Gasteiger partial charge in [0.1, 0.15) is 17.6 Å². The van der Waals surface area contributed by atoms with Gasteiger partial charge in [0.2, 0.25) is 5.91 Å². The SMILES string of the molecule is COc1ccc(NC(=O)C2CSCN2C(=O)c2ccc(C)c(F)c2)cc1. The lowest BCUT2D eigenvalue weighted by Gasteiger charge is -2.23. The number of carbonyl (C=O) groups excluding carboxylic acids is 2. The summed E-state index contributed by atoms with van der Waals surface area (Å²) in [5.41, 5.74) is 1.35. The van der Waals surface area contributed by atoms with Gasteiger partial charge in [-0.3, -0.25) is 9.59 Å². The molecule has 1 atom stereocenters. The molecule has 2 aromatic rings. The van der Waals surface area contributed by atoms with Gasteiger partial charge in [0.25, 0.3) is 5.91 Å². The molecule has 1 aliphatic heterocycles. The van der Waals surface area contributed by atoms with Gasteiger partial charge in [-0.15, -0.1) is 11.8 Å². The van der Waals surface area contributed by atoms with Gasteiger partial charge in [-0.05, 0) is 48.9 Å². The molecule has 136 valence electrons. The first kappa shape index (κ1) is 18.3. The molecule has 0 bridgehead atoms. The third-order valence-corrected chi connectivity index (χ3v) is 5.23. The van der Waals surface area contributed by atoms with Crippen molar-refractivity contribution in [2.24, 2.45) is 0 Å². The molecule has 3 rings (SSSR count). The van der Waals surface area contributed by atoms with Crippen molar-refractivity contribution >= 4 is 29.3 Å². The Morgan fingerprint density at radius 2 is 1.96 bits per heavy atom. The predicted octanol–water partition coefficient (Wildman–Crippen LogP) is 3.30. The fraction of sp³-hybridized carbons (Fsp3) is 0.263. The number of nitrogens with one attached hydrogen (secondary N) is 1. The number of benzene rings is 2. The molecule has 0 radical (unpaired) electrons. The maximum Gasteiger partial charge on any atom is 0.255 e. The number of hydrogen-bond acceptors (Lipinski definition) is 4. The number of halogens is 1. The Morgan fingerprint density at radius 3 is 2.62 bits per heavy atom. The van der Waals surface area contributed by atoms with E-state index in [0.717, 1.165) is 0 Å². The summed E-state index contributed by atoms with van der Waals surface area (Å²) in [6.07, 6.45) is 0. The number of aryl methyl sites for hydroxylation is 1. The minimum atomic E-state index is -0.598. The third kappa shape index (κ3) is 3.83. The molecular formula is C19H19FN2O3S. The Morgan fingerprint density at radius 1 is 1.23 bits per heavy atom. The summed E-state index contributed by atoms with van der Waals surface area (Å²) in [5.74, 6) is 0.557. The van der Waals surface area contributed by atoms with Gasteiger partial charge in [0.05, 0.1) is 13.0 Å². The number of amides is 2. The first-order valence-corrected chi connectivity index (χ1v) is 9.25. The molecule has 7 heteroatoms. The van der Waals surface area contributed by atoms with Gasteiger partial charge in [-0.1, -0.05) is 6.07 Å². The molecule has 1 saturated heterocycles. The summed E-state index contributed by atoms with van der Waals surface area (Å²) in [4.78, 5) is 26.8. The smallest absolute Gasteiger partial charge is 0.255 e. The highest BCUT2D eigenvalue weighted by Gasteiger charge is 2.35. The van der Waals surface area contributed by atoms with Gasteiger partial charge < -0.3 is 15.0 Å². The average molecular weight is 374 g/mol. The summed E-state index contributed by atoms with van der Waals surface area (Å²) < 4.78 is 18.9. The van der Waals surface area contributed by atoms with Crippen molar-refractivity contribution < 1.29 is 18.7 Å². The van der Waals surface area contributed by atoms with E-state index in [1.165, 1.54) is 22.7 Å². The quantitative estimate of drug-likeness (QED) is 0.892. The van der Waals surface area contributed by atoms with Crippen LogP contribution in [0.1, 0.15) is 15.9 Å². The van der Waals surface area contributed by atoms with Crippen LogP contribution in [0.5, 0.6) is 5.75 Å². The monoisotopic (exact) mass is 374 g/mol. The number of hydrogen-bond donors (Lipinski definition) is 1. The number of nitrogens with zero attached hydrogens (tertiary/aromatic N) is 1. The van der Waals surface area contributed by atoms with E-state index in [9.17, 15) is 14.0 Å². The van der Waals surface area contributed by atoms with Gasteiger partial charge in [-0.2, -0.15) is 0 Å². The fourth-order valence-electron chi connectivity index (χ4n) is 2.65. The lowest BCUT2D eigenvalue weighted by atomic mass is 10.1. The van der Waals surface area contributed by atoms with Crippen LogP contribution in [0.3, 0.4) is 0 Å². The minimum absolute atomic E-state index is 0.248. The van der Waals surface area contributed by atoms with E-state index >= 15 is 0 Å². The molecule has 0 aliphatic carbocycles. The van der Waals surface area contributed by atoms with Crippen LogP contribution in [-0.4, -0.2) is 41.5 Å². The number of anilines is 1. The number of methoxy groups -OCH3 is 1. The fourth-order valence-corrected chi connectivity index (χ4v) is 3.81. The Balaban J connectivity index is 1.72. The van der Waals surface area contributed by atoms with Gasteiger partial charge >= 0.3 is 0 Å². The van der Waals surface area contributed by atoms with E-state index in [-0.39, 0.29) is 17.4 Å². The van der Waals surface area contributed by atoms with Crippen molar-refractivity contribution in [3.05, 3.63) is 59.4 Å². The van der Waals surface area contributed by atoms with Crippen molar-refractivity contribution in [1.29, 1.82) is 0 Å². The zero-order chi connectivity index (χ0) is 18.7. The van der Waals surface area contributed by atoms with Crippen LogP contribution in [-0.2, 0) is 4.79 Å². The summed E-state index contributed by atoms with van der Waals surface area (Å²) >= 11 is 1.50. The molecule has 0 aromatic heterocycles. The molecule has 0 spiro atoms. The van der Waals surface area contributed by atoms with Crippen molar-refractivity contribution in [1.82, 2.24) is 4.90 Å². The van der Waals surface area contributed by atoms with Crippen LogP contribution in [0.4, 0.5) is 10.1 Å². The molecule has 1 aliphatic rings. The van der Waals surface area contributed by atoms with Gasteiger partial charge in [-0.25, -0.2) is 4.39 Å². The maximum atomic E-state index is 13.8. The molecule has 1 N–H and O–H groups in total. The normalized spacial score (nSPS) is 16.4. The Labute approximate surface area is 155 Å². The van der Waals surface area contributed by atoms with E-state index in [2.05, 4.69) is 5.32 Å². The van der Waals surface area contributed by atoms with Crippen molar-refractivity contribution in [3.8, 4) is 5.75 Å². The molecule has 26 heavy (non-hydrogen) atoms. The Hall–Kier alpha value is -2.54. The Bertz CT molecular complexity index is 826. The molecule has 1 fully saturated rings. The topological polar surface area (TPSA) is 58.6 Å². The number of thioether (sulfide) groups is 1. The van der Waals surface area contributed by atoms with E-state index in [4.69, 9.17) is 4.74 Å². The second kappa shape index (κ2) is 7.78. The maximum absolute atomic E-state index is 13.8. The summed E-state index contributed by atoms with van der Waals surface area (Å²) in [6.45, 7) is 1.64. The van der Waals surface area contributed by atoms with Crippen LogP contribution >= 0.6 is 11.8 Å². The Kier molecular flexibility index (Phi) is 5.46. The van der Waals surface area contributed by atoms with Crippen molar-refractivity contribution in [3.63, 3.8) is 0 Å². The zero-order valence-electron chi connectivity index (χ0n) is 14.5. The minimum Gasteiger partial charge on any atom is -0.497 e. The number of rotatable bonds is 4. The van der Waals surface area contributed by atoms with E-state index in [0.29, 0.717) is 28.6 Å². The van der Waals surface area contributed by atoms with Crippen molar-refractivity contribution in [2.45, 2.75) is 13.0 Å². The summed E-state index contributed by atoms with van der Waals surface area (Å²) in [6, 6.07) is 10.7. The van der Waals surface area contributed by atoms with Crippen LogP contribution in [0.25, 0.3) is 0 Å². The highest BCUT2D eigenvalue weighted by molar-refractivity contribution is 7.99. The summed E-state index contributed by atoms with van der Waals surface area (Å²) in [7, 11) is 1.57. The standard InChI is InChI=1S/C19H19FN2O3S/c1-12-3-4-13(9-16(12)20)19(24)22-11-26-10-17(22)18(23)21-14-5-7-15(25-2)8-6-14/h3-9,17H,10-11H2,1-2H3,(H,21,23). The first-order chi connectivity index (χ1) is 12.5. The molecule has 2 amide bonds. The molecule has 5 nitrogen and oxygen atoms in total. The molecule has 2 aromatic carbocycles. The van der Waals surface area contributed by atoms with Crippen LogP contribution < -0.4 is 10.1 Å². The largest absolute Gasteiger partial charge is 0.497 e. The van der Waals surface area contributed by atoms with Crippen LogP contribution in [0, 0.1) is 12.7 Å². The third-order valence-electron chi connectivity index (χ3n) is 4.22.